The van der Waals surface area contributed by atoms with Crippen LogP contribution in [0.15, 0.2) is 54.6 Å². The largest absolute Gasteiger partial charge is 0.351 e. The molecular formula is C26H30ClN7O. The zero-order valence-corrected chi connectivity index (χ0v) is 20.2. The van der Waals surface area contributed by atoms with E-state index >= 15 is 0 Å². The first kappa shape index (κ1) is 22.5. The Hall–Kier alpha value is -2.94. The van der Waals surface area contributed by atoms with E-state index in [0.29, 0.717) is 22.5 Å². The number of nitrogens with two attached hydrogens (primary N) is 1. The number of rotatable bonds is 6. The molecule has 0 radical (unpaired) electrons. The number of hydrogen-bond acceptors (Lipinski definition) is 5. The van der Waals surface area contributed by atoms with E-state index in [0.717, 1.165) is 31.5 Å². The molecule has 2 heterocycles. The lowest BCUT2D eigenvalue weighted by atomic mass is 9.75. The molecule has 2 aromatic carbocycles. The van der Waals surface area contributed by atoms with Crippen LogP contribution in [0.2, 0.25) is 5.02 Å². The third-order valence-corrected chi connectivity index (χ3v) is 8.00. The van der Waals surface area contributed by atoms with Crippen molar-refractivity contribution in [3.05, 3.63) is 76.6 Å². The molecule has 4 unspecified atom stereocenters. The number of fused-ring (bicyclic) bond motifs is 1. The Labute approximate surface area is 209 Å². The van der Waals surface area contributed by atoms with Gasteiger partial charge in [0.1, 0.15) is 6.17 Å². The smallest absolute Gasteiger partial charge is 0.320 e. The van der Waals surface area contributed by atoms with Gasteiger partial charge in [-0.3, -0.25) is 10.3 Å². The third-order valence-electron chi connectivity index (χ3n) is 7.68. The molecule has 9 heteroatoms. The molecule has 3 aromatic rings. The van der Waals surface area contributed by atoms with Crippen LogP contribution in [0.25, 0.3) is 0 Å². The van der Waals surface area contributed by atoms with Gasteiger partial charge in [0, 0.05) is 23.8 Å². The van der Waals surface area contributed by atoms with Gasteiger partial charge >= 0.3 is 6.03 Å². The molecule has 182 valence electrons. The highest BCUT2D eigenvalue weighted by Crippen LogP contribution is 2.47. The summed E-state index contributed by atoms with van der Waals surface area (Å²) < 4.78 is 2.11. The van der Waals surface area contributed by atoms with Gasteiger partial charge in [-0.15, -0.1) is 5.10 Å². The number of nitrogens with zero attached hydrogens (tertiary/aromatic N) is 4. The standard InChI is InChI=1S/C26H30ClN7O/c27-20-8-4-5-9-22(20)34(26(28)35)25-19-14-18(12-13-21(19)29-31-25)23-24(17-10-11-17)33(32-30-23)15-16-6-2-1-3-7-16/h1-9,17-19,21,25,29,31H,10-15H2,(H2,28,35). The van der Waals surface area contributed by atoms with Gasteiger partial charge in [-0.2, -0.15) is 0 Å². The van der Waals surface area contributed by atoms with Crippen LogP contribution in [0.1, 0.15) is 60.9 Å². The molecule has 0 spiro atoms. The molecule has 8 nitrogen and oxygen atoms in total. The van der Waals surface area contributed by atoms with Gasteiger partial charge in [0.15, 0.2) is 0 Å². The number of primary amides is 1. The number of amides is 2. The SMILES string of the molecule is NC(=O)N(c1ccccc1Cl)C1NNC2CCC(c3nnn(Cc4ccccc4)c3C3CC3)CC21. The van der Waals surface area contributed by atoms with Crippen molar-refractivity contribution < 1.29 is 4.79 Å². The number of anilines is 1. The Morgan fingerprint density at radius 2 is 1.77 bits per heavy atom. The lowest BCUT2D eigenvalue weighted by Crippen LogP contribution is -2.53. The minimum Gasteiger partial charge on any atom is -0.351 e. The highest BCUT2D eigenvalue weighted by atomic mass is 35.5. The summed E-state index contributed by atoms with van der Waals surface area (Å²) in [5.74, 6) is 1.01. The van der Waals surface area contributed by atoms with Gasteiger partial charge < -0.3 is 5.73 Å². The predicted molar refractivity (Wildman–Crippen MR) is 135 cm³/mol. The van der Waals surface area contributed by atoms with Crippen LogP contribution in [0.3, 0.4) is 0 Å². The maximum Gasteiger partial charge on any atom is 0.320 e. The van der Waals surface area contributed by atoms with Gasteiger partial charge in [-0.1, -0.05) is 59.3 Å². The zero-order chi connectivity index (χ0) is 23.9. The molecule has 4 atom stereocenters. The summed E-state index contributed by atoms with van der Waals surface area (Å²) in [4.78, 5) is 14.2. The van der Waals surface area contributed by atoms with Crippen molar-refractivity contribution in [3.8, 4) is 0 Å². The van der Waals surface area contributed by atoms with E-state index in [9.17, 15) is 4.79 Å². The van der Waals surface area contributed by atoms with Crippen molar-refractivity contribution >= 4 is 23.3 Å². The fourth-order valence-corrected chi connectivity index (χ4v) is 6.09. The Morgan fingerprint density at radius 1 is 1.03 bits per heavy atom. The van der Waals surface area contributed by atoms with Gasteiger partial charge in [0.25, 0.3) is 0 Å². The second-order valence-corrected chi connectivity index (χ2v) is 10.4. The van der Waals surface area contributed by atoms with Crippen molar-refractivity contribution in [2.45, 2.75) is 62.7 Å². The molecular weight excluding hydrogens is 462 g/mol. The molecule has 1 aromatic heterocycles. The van der Waals surface area contributed by atoms with E-state index in [1.807, 2.05) is 24.3 Å². The second-order valence-electron chi connectivity index (χ2n) is 9.95. The average Bonchev–Trinajstić information content (AvgIpc) is 3.49. The molecule has 1 saturated heterocycles. The van der Waals surface area contributed by atoms with Crippen molar-refractivity contribution in [2.75, 3.05) is 4.90 Å². The number of urea groups is 1. The molecule has 2 saturated carbocycles. The van der Waals surface area contributed by atoms with E-state index in [-0.39, 0.29) is 18.1 Å². The number of para-hydroxylation sites is 1. The van der Waals surface area contributed by atoms with Crippen LogP contribution in [0, 0.1) is 5.92 Å². The molecule has 4 N–H and O–H groups in total. The average molecular weight is 492 g/mol. The highest BCUT2D eigenvalue weighted by Gasteiger charge is 2.46. The summed E-state index contributed by atoms with van der Waals surface area (Å²) in [6.07, 6.45) is 5.03. The number of hydrazine groups is 1. The quantitative estimate of drug-likeness (QED) is 0.481. The number of carbonyl (C=O) groups excluding carboxylic acids is 1. The fourth-order valence-electron chi connectivity index (χ4n) is 5.86. The van der Waals surface area contributed by atoms with E-state index < -0.39 is 6.03 Å². The van der Waals surface area contributed by atoms with Crippen molar-refractivity contribution in [1.29, 1.82) is 0 Å². The lowest BCUT2D eigenvalue weighted by Gasteiger charge is -2.37. The molecule has 2 amide bonds. The maximum atomic E-state index is 12.6. The van der Waals surface area contributed by atoms with Crippen LogP contribution in [0.5, 0.6) is 0 Å². The van der Waals surface area contributed by atoms with E-state index in [4.69, 9.17) is 22.4 Å². The Bertz CT molecular complexity index is 1210. The molecule has 6 rings (SSSR count). The summed E-state index contributed by atoms with van der Waals surface area (Å²) in [5.41, 5.74) is 16.9. The molecule has 1 aliphatic heterocycles. The first-order valence-electron chi connectivity index (χ1n) is 12.4. The normalized spacial score (nSPS) is 25.9. The number of halogens is 1. The summed E-state index contributed by atoms with van der Waals surface area (Å²) in [5, 5.41) is 9.85. The van der Waals surface area contributed by atoms with E-state index in [2.05, 4.69) is 45.0 Å². The van der Waals surface area contributed by atoms with Gasteiger partial charge in [-0.25, -0.2) is 14.9 Å². The number of benzene rings is 2. The monoisotopic (exact) mass is 491 g/mol. The number of hydrogen-bond donors (Lipinski definition) is 3. The molecule has 2 aliphatic carbocycles. The number of nitrogens with one attached hydrogen (secondary N) is 2. The van der Waals surface area contributed by atoms with Crippen molar-refractivity contribution in [1.82, 2.24) is 25.8 Å². The van der Waals surface area contributed by atoms with Crippen LogP contribution in [0.4, 0.5) is 10.5 Å². The Balaban J connectivity index is 1.28. The first-order valence-corrected chi connectivity index (χ1v) is 12.8. The number of aromatic nitrogens is 3. The van der Waals surface area contributed by atoms with Crippen LogP contribution >= 0.6 is 11.6 Å². The van der Waals surface area contributed by atoms with Gasteiger partial charge in [0.05, 0.1) is 28.6 Å². The van der Waals surface area contributed by atoms with Gasteiger partial charge in [-0.05, 0) is 49.8 Å². The summed E-state index contributed by atoms with van der Waals surface area (Å²) in [7, 11) is 0. The second kappa shape index (κ2) is 9.26. The van der Waals surface area contributed by atoms with Crippen LogP contribution in [-0.2, 0) is 6.54 Å². The highest BCUT2D eigenvalue weighted by molar-refractivity contribution is 6.33. The molecule has 35 heavy (non-hydrogen) atoms. The summed E-state index contributed by atoms with van der Waals surface area (Å²) >= 11 is 6.45. The first-order chi connectivity index (χ1) is 17.1. The Kier molecular flexibility index (Phi) is 5.96. The maximum absolute atomic E-state index is 12.6. The van der Waals surface area contributed by atoms with E-state index in [1.165, 1.54) is 24.1 Å². The summed E-state index contributed by atoms with van der Waals surface area (Å²) in [6.45, 7) is 0.742. The Morgan fingerprint density at radius 3 is 2.51 bits per heavy atom. The summed E-state index contributed by atoms with van der Waals surface area (Å²) in [6, 6.07) is 17.5. The van der Waals surface area contributed by atoms with Crippen LogP contribution in [-0.4, -0.2) is 33.2 Å². The van der Waals surface area contributed by atoms with Crippen molar-refractivity contribution in [2.24, 2.45) is 11.7 Å². The zero-order valence-electron chi connectivity index (χ0n) is 19.5. The predicted octanol–water partition coefficient (Wildman–Crippen LogP) is 4.13. The minimum atomic E-state index is -0.521. The molecule has 3 fully saturated rings. The van der Waals surface area contributed by atoms with Crippen molar-refractivity contribution in [3.63, 3.8) is 0 Å². The number of carbonyl (C=O) groups is 1. The molecule has 3 aliphatic rings. The molecule has 0 bridgehead atoms. The fraction of sp³-hybridized carbons (Fsp3) is 0.423. The van der Waals surface area contributed by atoms with E-state index in [1.54, 1.807) is 11.0 Å². The van der Waals surface area contributed by atoms with Gasteiger partial charge in [0.2, 0.25) is 0 Å². The third kappa shape index (κ3) is 4.30. The topological polar surface area (TPSA) is 101 Å². The van der Waals surface area contributed by atoms with Crippen LogP contribution < -0.4 is 21.5 Å². The lowest BCUT2D eigenvalue weighted by molar-refractivity contribution is 0.240. The minimum absolute atomic E-state index is 0.170.